The van der Waals surface area contributed by atoms with Crippen LogP contribution in [0, 0.1) is 5.41 Å². The highest BCUT2D eigenvalue weighted by atomic mass is 16.5. The molecule has 1 heterocycles. The number of rotatable bonds is 4. The van der Waals surface area contributed by atoms with E-state index in [9.17, 15) is 5.11 Å². The van der Waals surface area contributed by atoms with Crippen molar-refractivity contribution in [3.63, 3.8) is 0 Å². The Morgan fingerprint density at radius 2 is 1.61 bits per heavy atom. The molecule has 0 aromatic heterocycles. The molecule has 2 aromatic carbocycles. The summed E-state index contributed by atoms with van der Waals surface area (Å²) in [5, 5.41) is 11.1. The first-order valence-corrected chi connectivity index (χ1v) is 11.8. The summed E-state index contributed by atoms with van der Waals surface area (Å²) in [4.78, 5) is 9.83. The van der Waals surface area contributed by atoms with Gasteiger partial charge < -0.3 is 9.84 Å². The van der Waals surface area contributed by atoms with Gasteiger partial charge in [0.05, 0.1) is 0 Å². The van der Waals surface area contributed by atoms with Crippen molar-refractivity contribution in [1.29, 1.82) is 0 Å². The molecule has 1 N–H and O–H groups in total. The lowest BCUT2D eigenvalue weighted by molar-refractivity contribution is 0.277. The quantitative estimate of drug-likeness (QED) is 0.512. The van der Waals surface area contributed by atoms with Gasteiger partial charge in [-0.2, -0.15) is 0 Å². The van der Waals surface area contributed by atoms with Gasteiger partial charge in [0.1, 0.15) is 24.4 Å². The Kier molecular flexibility index (Phi) is 6.79. The molecule has 178 valence electrons. The number of benzene rings is 2. The van der Waals surface area contributed by atoms with E-state index < -0.39 is 0 Å². The molecule has 1 aliphatic heterocycles. The van der Waals surface area contributed by atoms with E-state index in [1.54, 1.807) is 6.21 Å². The number of hydrogen-bond acceptors (Lipinski definition) is 4. The monoisotopic (exact) mass is 448 g/mol. The summed E-state index contributed by atoms with van der Waals surface area (Å²) in [6, 6.07) is 14.2. The molecule has 0 fully saturated rings. The number of ether oxygens (including phenoxy) is 1. The third kappa shape index (κ3) is 5.85. The number of phenols is 1. The number of phenolic OH excluding ortho intramolecular Hbond substituents is 1. The predicted octanol–water partition coefficient (Wildman–Crippen LogP) is 6.99. The molecule has 2 atom stereocenters. The van der Waals surface area contributed by atoms with Gasteiger partial charge in [-0.15, -0.1) is 0 Å². The number of aromatic hydroxyl groups is 1. The molecule has 4 heteroatoms. The van der Waals surface area contributed by atoms with Gasteiger partial charge in [0.2, 0.25) is 5.90 Å². The zero-order valence-electron chi connectivity index (χ0n) is 21.7. The molecule has 1 aliphatic rings. The van der Waals surface area contributed by atoms with Crippen LogP contribution in [0.3, 0.4) is 0 Å². The predicted molar refractivity (Wildman–Crippen MR) is 139 cm³/mol. The van der Waals surface area contributed by atoms with Crippen LogP contribution >= 0.6 is 0 Å². The molecule has 0 aliphatic carbocycles. The van der Waals surface area contributed by atoms with Crippen molar-refractivity contribution in [2.24, 2.45) is 15.4 Å². The van der Waals surface area contributed by atoms with Crippen LogP contribution in [0.1, 0.15) is 90.6 Å². The second kappa shape index (κ2) is 8.96. The van der Waals surface area contributed by atoms with E-state index in [0.29, 0.717) is 18.3 Å². The van der Waals surface area contributed by atoms with Gasteiger partial charge in [-0.1, -0.05) is 98.7 Å². The topological polar surface area (TPSA) is 54.2 Å². The summed E-state index contributed by atoms with van der Waals surface area (Å²) in [7, 11) is 0. The summed E-state index contributed by atoms with van der Waals surface area (Å²) < 4.78 is 6.06. The molecular formula is C29H40N2O2. The standard InChI is InChI=1S/C29H40N2O2/c1-27(2,3)21-15-20(24(32)22(16-21)28(4,5)6)17-30-25(29(7,8)9)26-31-23(18-33-26)19-13-11-10-12-14-19/h10-17,23,25,32H,18H2,1-9H3/t23-,25+/m0/s1. The summed E-state index contributed by atoms with van der Waals surface area (Å²) >= 11 is 0. The summed E-state index contributed by atoms with van der Waals surface area (Å²) in [5.41, 5.74) is 3.58. The van der Waals surface area contributed by atoms with Crippen LogP contribution in [0.25, 0.3) is 0 Å². The number of aliphatic imine (C=N–C) groups is 2. The van der Waals surface area contributed by atoms with Crippen LogP contribution in [0.2, 0.25) is 0 Å². The first-order valence-electron chi connectivity index (χ1n) is 11.8. The highest BCUT2D eigenvalue weighted by Crippen LogP contribution is 2.37. The van der Waals surface area contributed by atoms with E-state index in [0.717, 1.165) is 16.7 Å². The fraction of sp³-hybridized carbons (Fsp3) is 0.517. The third-order valence-electron chi connectivity index (χ3n) is 6.09. The highest BCUT2D eigenvalue weighted by molar-refractivity contribution is 5.90. The van der Waals surface area contributed by atoms with E-state index in [4.69, 9.17) is 14.7 Å². The van der Waals surface area contributed by atoms with Gasteiger partial charge in [-0.05, 0) is 33.4 Å². The van der Waals surface area contributed by atoms with Crippen molar-refractivity contribution in [2.75, 3.05) is 6.61 Å². The molecule has 3 rings (SSSR count). The van der Waals surface area contributed by atoms with Crippen molar-refractivity contribution in [3.8, 4) is 5.75 Å². The second-order valence-corrected chi connectivity index (χ2v) is 12.2. The Bertz CT molecular complexity index is 1030. The van der Waals surface area contributed by atoms with Crippen molar-refractivity contribution >= 4 is 12.1 Å². The van der Waals surface area contributed by atoms with Gasteiger partial charge >= 0.3 is 0 Å². The van der Waals surface area contributed by atoms with Crippen LogP contribution in [-0.2, 0) is 15.6 Å². The lowest BCUT2D eigenvalue weighted by Gasteiger charge is -2.28. The maximum Gasteiger partial charge on any atom is 0.210 e. The Morgan fingerprint density at radius 3 is 2.15 bits per heavy atom. The average molecular weight is 449 g/mol. The minimum absolute atomic E-state index is 0.00800. The van der Waals surface area contributed by atoms with Crippen LogP contribution < -0.4 is 0 Å². The molecule has 0 amide bonds. The molecular weight excluding hydrogens is 408 g/mol. The van der Waals surface area contributed by atoms with Crippen molar-refractivity contribution in [3.05, 3.63) is 64.7 Å². The number of nitrogens with zero attached hydrogens (tertiary/aromatic N) is 2. The third-order valence-corrected chi connectivity index (χ3v) is 6.09. The van der Waals surface area contributed by atoms with Crippen molar-refractivity contribution < 1.29 is 9.84 Å². The molecule has 0 spiro atoms. The van der Waals surface area contributed by atoms with Crippen LogP contribution in [0.15, 0.2) is 52.4 Å². The SMILES string of the molecule is CC(C)(C)c1cc(C=N[C@H](C2=N[C@H](c3ccccc3)CO2)C(C)(C)C)c(O)c(C(C)(C)C)c1. The van der Waals surface area contributed by atoms with E-state index in [-0.39, 0.29) is 28.3 Å². The molecule has 0 unspecified atom stereocenters. The maximum absolute atomic E-state index is 11.1. The minimum atomic E-state index is -0.248. The van der Waals surface area contributed by atoms with Crippen LogP contribution in [0.4, 0.5) is 0 Å². The lowest BCUT2D eigenvalue weighted by Crippen LogP contribution is -2.33. The first kappa shape index (κ1) is 25.0. The van der Waals surface area contributed by atoms with E-state index in [1.165, 1.54) is 5.56 Å². The highest BCUT2D eigenvalue weighted by Gasteiger charge is 2.34. The van der Waals surface area contributed by atoms with Crippen molar-refractivity contribution in [2.45, 2.75) is 85.2 Å². The molecule has 33 heavy (non-hydrogen) atoms. The Hall–Kier alpha value is -2.62. The molecule has 0 saturated heterocycles. The molecule has 0 saturated carbocycles. The van der Waals surface area contributed by atoms with Gasteiger partial charge in [0.15, 0.2) is 0 Å². The fourth-order valence-corrected chi connectivity index (χ4v) is 3.96. The van der Waals surface area contributed by atoms with E-state index in [1.807, 2.05) is 18.2 Å². The van der Waals surface area contributed by atoms with Gasteiger partial charge in [0.25, 0.3) is 0 Å². The largest absolute Gasteiger partial charge is 0.507 e. The molecule has 4 nitrogen and oxygen atoms in total. The summed E-state index contributed by atoms with van der Waals surface area (Å²) in [5.74, 6) is 0.957. The van der Waals surface area contributed by atoms with Gasteiger partial charge in [-0.3, -0.25) is 4.99 Å². The first-order chi connectivity index (χ1) is 15.2. The smallest absolute Gasteiger partial charge is 0.210 e. The molecule has 0 bridgehead atoms. The molecule has 0 radical (unpaired) electrons. The molecule has 2 aromatic rings. The Labute approximate surface area is 199 Å². The van der Waals surface area contributed by atoms with E-state index >= 15 is 0 Å². The normalized spacial score (nSPS) is 18.3. The van der Waals surface area contributed by atoms with Gasteiger partial charge in [0, 0.05) is 17.3 Å². The van der Waals surface area contributed by atoms with E-state index in [2.05, 4.69) is 86.6 Å². The summed E-state index contributed by atoms with van der Waals surface area (Å²) in [6.07, 6.45) is 1.80. The van der Waals surface area contributed by atoms with Crippen molar-refractivity contribution in [1.82, 2.24) is 0 Å². The number of hydrogen-bond donors (Lipinski definition) is 1. The zero-order valence-corrected chi connectivity index (χ0v) is 21.7. The minimum Gasteiger partial charge on any atom is -0.507 e. The summed E-state index contributed by atoms with van der Waals surface area (Å²) in [6.45, 7) is 19.9. The maximum atomic E-state index is 11.1. The Morgan fingerprint density at radius 1 is 0.970 bits per heavy atom. The second-order valence-electron chi connectivity index (χ2n) is 12.2. The van der Waals surface area contributed by atoms with Crippen LogP contribution in [-0.4, -0.2) is 29.9 Å². The van der Waals surface area contributed by atoms with Gasteiger partial charge in [-0.25, -0.2) is 4.99 Å². The lowest BCUT2D eigenvalue weighted by atomic mass is 9.79. The van der Waals surface area contributed by atoms with Crippen LogP contribution in [0.5, 0.6) is 5.75 Å². The fourth-order valence-electron chi connectivity index (χ4n) is 3.96. The zero-order chi connectivity index (χ0) is 24.6. The Balaban J connectivity index is 2.02. The average Bonchev–Trinajstić information content (AvgIpc) is 3.17.